The molecule has 1 aromatic heterocycles. The highest BCUT2D eigenvalue weighted by Gasteiger charge is 2.38. The number of aromatic nitrogens is 1. The Morgan fingerprint density at radius 2 is 2.00 bits per heavy atom. The first kappa shape index (κ1) is 14.3. The Kier molecular flexibility index (Phi) is 4.20. The van der Waals surface area contributed by atoms with Crippen LogP contribution in [0.1, 0.15) is 34.8 Å². The number of nitrogens with zero attached hydrogens (tertiary/aromatic N) is 1. The molecule has 0 saturated heterocycles. The van der Waals surface area contributed by atoms with Crippen molar-refractivity contribution in [2.75, 3.05) is 6.61 Å². The molecule has 0 atom stereocenters. The Morgan fingerprint density at radius 3 is 2.44 bits per heavy atom. The van der Waals surface area contributed by atoms with Crippen molar-refractivity contribution in [1.29, 1.82) is 0 Å². The molecule has 0 unspecified atom stereocenters. The lowest BCUT2D eigenvalue weighted by molar-refractivity contribution is -0.139. The van der Waals surface area contributed by atoms with Gasteiger partial charge >= 0.3 is 12.1 Å². The topological polar surface area (TPSA) is 39.2 Å². The van der Waals surface area contributed by atoms with E-state index in [9.17, 15) is 26.7 Å². The Balaban J connectivity index is 3.40. The maximum Gasteiger partial charge on any atom is 0.418 e. The Bertz CT molecular complexity index is 444. The van der Waals surface area contributed by atoms with Crippen molar-refractivity contribution in [1.82, 2.24) is 4.98 Å². The summed E-state index contributed by atoms with van der Waals surface area (Å²) in [5.74, 6) is -1.26. The molecule has 0 fully saturated rings. The molecule has 0 aliphatic carbocycles. The molecule has 0 N–H and O–H groups in total. The van der Waals surface area contributed by atoms with Gasteiger partial charge in [-0.2, -0.15) is 13.2 Å². The first-order valence-corrected chi connectivity index (χ1v) is 4.79. The summed E-state index contributed by atoms with van der Waals surface area (Å²) >= 11 is 0. The van der Waals surface area contributed by atoms with Crippen molar-refractivity contribution in [3.63, 3.8) is 0 Å². The van der Waals surface area contributed by atoms with Gasteiger partial charge in [-0.3, -0.25) is 4.98 Å². The van der Waals surface area contributed by atoms with Gasteiger partial charge in [0.05, 0.1) is 17.7 Å². The third kappa shape index (κ3) is 2.93. The van der Waals surface area contributed by atoms with Gasteiger partial charge in [-0.1, -0.05) is 0 Å². The fourth-order valence-corrected chi connectivity index (χ4v) is 1.30. The van der Waals surface area contributed by atoms with Crippen LogP contribution in [0.4, 0.5) is 22.0 Å². The maximum absolute atomic E-state index is 12.7. The second-order valence-electron chi connectivity index (χ2n) is 3.17. The number of carbonyl (C=O) groups is 1. The number of rotatable bonds is 3. The number of esters is 1. The average molecular weight is 269 g/mol. The summed E-state index contributed by atoms with van der Waals surface area (Å²) in [7, 11) is 0. The van der Waals surface area contributed by atoms with Crippen LogP contribution in [0.25, 0.3) is 0 Å². The van der Waals surface area contributed by atoms with Crippen LogP contribution in [-0.2, 0) is 10.9 Å². The molecule has 1 heterocycles. The van der Waals surface area contributed by atoms with Crippen LogP contribution < -0.4 is 0 Å². The van der Waals surface area contributed by atoms with E-state index in [0.29, 0.717) is 6.20 Å². The summed E-state index contributed by atoms with van der Waals surface area (Å²) in [5, 5.41) is 0. The molecule has 1 aromatic rings. The number of ether oxygens (including phenoxy) is 1. The summed E-state index contributed by atoms with van der Waals surface area (Å²) in [6.07, 6.45) is -7.58. The number of hydrogen-bond donors (Lipinski definition) is 0. The lowest BCUT2D eigenvalue weighted by Gasteiger charge is -2.14. The Labute approximate surface area is 98.6 Å². The smallest absolute Gasteiger partial charge is 0.418 e. The summed E-state index contributed by atoms with van der Waals surface area (Å²) < 4.78 is 67.3. The van der Waals surface area contributed by atoms with E-state index in [2.05, 4.69) is 9.72 Å². The molecule has 0 aliphatic heterocycles. The molecule has 3 nitrogen and oxygen atoms in total. The van der Waals surface area contributed by atoms with Crippen molar-refractivity contribution in [3.05, 3.63) is 29.1 Å². The summed E-state index contributed by atoms with van der Waals surface area (Å²) in [5.41, 5.74) is -3.92. The van der Waals surface area contributed by atoms with Crippen LogP contribution in [0.15, 0.2) is 12.4 Å². The van der Waals surface area contributed by atoms with Gasteiger partial charge in [0.1, 0.15) is 0 Å². The standard InChI is InChI=1S/C10H8F5NO2/c1-2-18-9(17)5-3-16-4-6(10(13,14)15)7(5)8(11)12/h3-4,8H,2H2,1H3. The van der Waals surface area contributed by atoms with Gasteiger partial charge in [0.25, 0.3) is 6.43 Å². The van der Waals surface area contributed by atoms with E-state index in [4.69, 9.17) is 0 Å². The third-order valence-corrected chi connectivity index (χ3v) is 2.01. The quantitative estimate of drug-likeness (QED) is 0.624. The molecule has 0 amide bonds. The van der Waals surface area contributed by atoms with Gasteiger partial charge in [-0.05, 0) is 6.92 Å². The van der Waals surface area contributed by atoms with E-state index < -0.39 is 35.3 Å². The fourth-order valence-electron chi connectivity index (χ4n) is 1.30. The number of hydrogen-bond acceptors (Lipinski definition) is 3. The van der Waals surface area contributed by atoms with E-state index in [1.54, 1.807) is 0 Å². The Morgan fingerprint density at radius 1 is 1.39 bits per heavy atom. The molecule has 8 heteroatoms. The monoisotopic (exact) mass is 269 g/mol. The zero-order valence-corrected chi connectivity index (χ0v) is 9.09. The van der Waals surface area contributed by atoms with Crippen LogP contribution in [0.2, 0.25) is 0 Å². The van der Waals surface area contributed by atoms with Crippen LogP contribution in [-0.4, -0.2) is 17.6 Å². The van der Waals surface area contributed by atoms with E-state index in [1.165, 1.54) is 6.92 Å². The van der Waals surface area contributed by atoms with Gasteiger partial charge in [-0.15, -0.1) is 0 Å². The summed E-state index contributed by atoms with van der Waals surface area (Å²) in [6.45, 7) is 1.26. The first-order valence-electron chi connectivity index (χ1n) is 4.79. The molecule has 100 valence electrons. The van der Waals surface area contributed by atoms with Crippen LogP contribution in [0.3, 0.4) is 0 Å². The van der Waals surface area contributed by atoms with Crippen LogP contribution in [0, 0.1) is 0 Å². The fraction of sp³-hybridized carbons (Fsp3) is 0.400. The summed E-state index contributed by atoms with van der Waals surface area (Å²) in [6, 6.07) is 0. The largest absolute Gasteiger partial charge is 0.462 e. The van der Waals surface area contributed by atoms with Crippen molar-refractivity contribution >= 4 is 5.97 Å². The zero-order valence-electron chi connectivity index (χ0n) is 9.09. The molecule has 0 bridgehead atoms. The molecule has 1 rings (SSSR count). The van der Waals surface area contributed by atoms with Crippen molar-refractivity contribution < 1.29 is 31.5 Å². The number of alkyl halides is 5. The van der Waals surface area contributed by atoms with Crippen molar-refractivity contribution in [2.45, 2.75) is 19.5 Å². The number of carbonyl (C=O) groups excluding carboxylic acids is 1. The normalized spacial score (nSPS) is 11.7. The third-order valence-electron chi connectivity index (χ3n) is 2.01. The predicted octanol–water partition coefficient (Wildman–Crippen LogP) is 3.21. The van der Waals surface area contributed by atoms with Gasteiger partial charge in [-0.25, -0.2) is 13.6 Å². The average Bonchev–Trinajstić information content (AvgIpc) is 2.27. The highest BCUT2D eigenvalue weighted by atomic mass is 19.4. The van der Waals surface area contributed by atoms with E-state index in [1.807, 2.05) is 0 Å². The van der Waals surface area contributed by atoms with E-state index in [0.717, 1.165) is 0 Å². The lowest BCUT2D eigenvalue weighted by Crippen LogP contribution is -2.16. The van der Waals surface area contributed by atoms with Gasteiger partial charge in [0, 0.05) is 18.0 Å². The van der Waals surface area contributed by atoms with Crippen LogP contribution >= 0.6 is 0 Å². The molecule has 18 heavy (non-hydrogen) atoms. The summed E-state index contributed by atoms with van der Waals surface area (Å²) in [4.78, 5) is 14.4. The predicted molar refractivity (Wildman–Crippen MR) is 50.2 cm³/mol. The SMILES string of the molecule is CCOC(=O)c1cncc(C(F)(F)F)c1C(F)F. The molecule has 0 saturated carbocycles. The lowest BCUT2D eigenvalue weighted by atomic mass is 10.0. The van der Waals surface area contributed by atoms with E-state index in [-0.39, 0.29) is 12.8 Å². The van der Waals surface area contributed by atoms with Crippen LogP contribution in [0.5, 0.6) is 0 Å². The van der Waals surface area contributed by atoms with Crippen molar-refractivity contribution in [3.8, 4) is 0 Å². The molecular weight excluding hydrogens is 261 g/mol. The second-order valence-corrected chi connectivity index (χ2v) is 3.17. The minimum absolute atomic E-state index is 0.141. The minimum atomic E-state index is -5.01. The maximum atomic E-state index is 12.7. The first-order chi connectivity index (χ1) is 8.29. The zero-order chi connectivity index (χ0) is 13.9. The molecule has 0 spiro atoms. The number of halogens is 5. The molecule has 0 aliphatic rings. The molecule has 0 aromatic carbocycles. The van der Waals surface area contributed by atoms with Gasteiger partial charge in [0.2, 0.25) is 0 Å². The van der Waals surface area contributed by atoms with Gasteiger partial charge in [0.15, 0.2) is 0 Å². The molecule has 0 radical (unpaired) electrons. The minimum Gasteiger partial charge on any atom is -0.462 e. The second kappa shape index (κ2) is 5.28. The molecular formula is C10H8F5NO2. The highest BCUT2D eigenvalue weighted by molar-refractivity contribution is 5.91. The van der Waals surface area contributed by atoms with Gasteiger partial charge < -0.3 is 4.74 Å². The number of pyridine rings is 1. The van der Waals surface area contributed by atoms with Crippen molar-refractivity contribution in [2.24, 2.45) is 0 Å². The highest BCUT2D eigenvalue weighted by Crippen LogP contribution is 2.37. The Hall–Kier alpha value is -1.73. The van der Waals surface area contributed by atoms with E-state index >= 15 is 0 Å².